The average Bonchev–Trinajstić information content (AvgIpc) is 3.16. The van der Waals surface area contributed by atoms with Gasteiger partial charge in [0.15, 0.2) is 0 Å². The number of nitro groups is 1. The van der Waals surface area contributed by atoms with E-state index in [4.69, 9.17) is 9.15 Å². The van der Waals surface area contributed by atoms with Crippen LogP contribution in [0.1, 0.15) is 5.76 Å². The van der Waals surface area contributed by atoms with Gasteiger partial charge in [0.25, 0.3) is 5.69 Å². The van der Waals surface area contributed by atoms with Crippen molar-refractivity contribution in [3.8, 4) is 0 Å². The maximum absolute atomic E-state index is 12.6. The van der Waals surface area contributed by atoms with Gasteiger partial charge < -0.3 is 9.15 Å². The first-order chi connectivity index (χ1) is 12.5. The third-order valence-corrected chi connectivity index (χ3v) is 5.59. The van der Waals surface area contributed by atoms with E-state index in [1.54, 1.807) is 12.1 Å². The van der Waals surface area contributed by atoms with Gasteiger partial charge in [-0.2, -0.15) is 9.41 Å². The SMILES string of the molecule is O=[N+]([O-])c1cc(S(=O)(=O)N2CCOCC2)ccc1N/N=C/c1ccco1. The number of morpholine rings is 1. The van der Waals surface area contributed by atoms with E-state index in [-0.39, 0.29) is 23.7 Å². The van der Waals surface area contributed by atoms with Crippen molar-refractivity contribution in [1.82, 2.24) is 4.31 Å². The minimum absolute atomic E-state index is 0.0683. The standard InChI is InChI=1S/C15H16N4O6S/c20-19(21)15-10-13(26(22,23)18-5-8-24-9-6-18)3-4-14(15)17-16-11-12-2-1-7-25-12/h1-4,7,10-11,17H,5-6,8-9H2/b16-11+. The number of anilines is 1. The summed E-state index contributed by atoms with van der Waals surface area (Å²) in [5.74, 6) is 0.465. The Kier molecular flexibility index (Phi) is 5.30. The maximum atomic E-state index is 12.6. The van der Waals surface area contributed by atoms with Crippen molar-refractivity contribution in [2.45, 2.75) is 4.90 Å². The number of sulfonamides is 1. The molecule has 0 bridgehead atoms. The predicted octanol–water partition coefficient (Wildman–Crippen LogP) is 1.65. The number of nitro benzene ring substituents is 1. The molecule has 0 atom stereocenters. The largest absolute Gasteiger partial charge is 0.463 e. The van der Waals surface area contributed by atoms with Gasteiger partial charge in [0.1, 0.15) is 11.4 Å². The molecule has 138 valence electrons. The van der Waals surface area contributed by atoms with Crippen LogP contribution in [0.5, 0.6) is 0 Å². The smallest absolute Gasteiger partial charge is 0.295 e. The molecule has 1 aliphatic heterocycles. The first kappa shape index (κ1) is 18.0. The quantitative estimate of drug-likeness (QED) is 0.458. The molecule has 2 heterocycles. The maximum Gasteiger partial charge on any atom is 0.295 e. The molecule has 1 aliphatic rings. The molecule has 0 saturated carbocycles. The van der Waals surface area contributed by atoms with Gasteiger partial charge in [0.05, 0.1) is 35.5 Å². The zero-order valence-electron chi connectivity index (χ0n) is 13.6. The van der Waals surface area contributed by atoms with Crippen LogP contribution in [-0.4, -0.2) is 50.2 Å². The van der Waals surface area contributed by atoms with E-state index in [1.807, 2.05) is 0 Å². The lowest BCUT2D eigenvalue weighted by atomic mass is 10.3. The van der Waals surface area contributed by atoms with Gasteiger partial charge in [-0.15, -0.1) is 0 Å². The van der Waals surface area contributed by atoms with Crippen molar-refractivity contribution in [3.63, 3.8) is 0 Å². The van der Waals surface area contributed by atoms with Gasteiger partial charge >= 0.3 is 0 Å². The van der Waals surface area contributed by atoms with Crippen LogP contribution in [0.3, 0.4) is 0 Å². The molecule has 26 heavy (non-hydrogen) atoms. The second-order valence-corrected chi connectivity index (χ2v) is 7.28. The van der Waals surface area contributed by atoms with E-state index >= 15 is 0 Å². The van der Waals surface area contributed by atoms with Crippen molar-refractivity contribution in [1.29, 1.82) is 0 Å². The van der Waals surface area contributed by atoms with Crippen LogP contribution in [0, 0.1) is 10.1 Å². The molecule has 2 aromatic rings. The van der Waals surface area contributed by atoms with E-state index < -0.39 is 20.6 Å². The Morgan fingerprint density at radius 2 is 2.04 bits per heavy atom. The Hall–Kier alpha value is -2.76. The molecule has 0 radical (unpaired) electrons. The predicted molar refractivity (Wildman–Crippen MR) is 92.6 cm³/mol. The fraction of sp³-hybridized carbons (Fsp3) is 0.267. The summed E-state index contributed by atoms with van der Waals surface area (Å²) in [6, 6.07) is 6.98. The van der Waals surface area contributed by atoms with Crippen molar-refractivity contribution in [2.75, 3.05) is 31.7 Å². The molecule has 0 aliphatic carbocycles. The lowest BCUT2D eigenvalue weighted by Gasteiger charge is -2.26. The van der Waals surface area contributed by atoms with Gasteiger partial charge in [-0.3, -0.25) is 15.5 Å². The topological polar surface area (TPSA) is 127 Å². The summed E-state index contributed by atoms with van der Waals surface area (Å²) in [6.07, 6.45) is 2.82. The van der Waals surface area contributed by atoms with Gasteiger partial charge in [-0.05, 0) is 24.3 Å². The fourth-order valence-electron chi connectivity index (χ4n) is 2.38. The highest BCUT2D eigenvalue weighted by Crippen LogP contribution is 2.29. The number of rotatable bonds is 6. The summed E-state index contributed by atoms with van der Waals surface area (Å²) in [4.78, 5) is 10.5. The van der Waals surface area contributed by atoms with Crippen molar-refractivity contribution in [3.05, 3.63) is 52.5 Å². The van der Waals surface area contributed by atoms with Crippen LogP contribution >= 0.6 is 0 Å². The molecule has 1 aromatic carbocycles. The molecule has 10 nitrogen and oxygen atoms in total. The number of hydrogen-bond acceptors (Lipinski definition) is 8. The molecule has 1 aromatic heterocycles. The molecule has 11 heteroatoms. The molecule has 1 N–H and O–H groups in total. The van der Waals surface area contributed by atoms with Gasteiger partial charge in [0, 0.05) is 19.2 Å². The molecule has 3 rings (SSSR count). The number of nitrogens with zero attached hydrogens (tertiary/aromatic N) is 3. The van der Waals surface area contributed by atoms with Crippen molar-refractivity contribution < 1.29 is 22.5 Å². The normalized spacial score (nSPS) is 16.0. The summed E-state index contributed by atoms with van der Waals surface area (Å²) < 4.78 is 36.7. The Balaban J connectivity index is 1.85. The Labute approximate surface area is 149 Å². The molecule has 1 fully saturated rings. The highest BCUT2D eigenvalue weighted by Gasteiger charge is 2.28. The average molecular weight is 380 g/mol. The van der Waals surface area contributed by atoms with Crippen LogP contribution in [0.4, 0.5) is 11.4 Å². The van der Waals surface area contributed by atoms with Crippen molar-refractivity contribution >= 4 is 27.6 Å². The number of hydrogen-bond donors (Lipinski definition) is 1. The van der Waals surface area contributed by atoms with Crippen LogP contribution in [0.25, 0.3) is 0 Å². The summed E-state index contributed by atoms with van der Waals surface area (Å²) in [6.45, 7) is 1.01. The monoisotopic (exact) mass is 380 g/mol. The van der Waals surface area contributed by atoms with E-state index in [0.29, 0.717) is 19.0 Å². The van der Waals surface area contributed by atoms with Crippen LogP contribution < -0.4 is 5.43 Å². The zero-order chi connectivity index (χ0) is 18.6. The fourth-order valence-corrected chi connectivity index (χ4v) is 3.81. The van der Waals surface area contributed by atoms with E-state index in [0.717, 1.165) is 6.07 Å². The van der Waals surface area contributed by atoms with Gasteiger partial charge in [-0.1, -0.05) is 0 Å². The highest BCUT2D eigenvalue weighted by atomic mass is 32.2. The lowest BCUT2D eigenvalue weighted by Crippen LogP contribution is -2.40. The number of hydrazone groups is 1. The van der Waals surface area contributed by atoms with E-state index in [1.165, 1.54) is 28.9 Å². The molecular formula is C15H16N4O6S. The summed E-state index contributed by atoms with van der Waals surface area (Å²) in [7, 11) is -3.82. The summed E-state index contributed by atoms with van der Waals surface area (Å²) in [5, 5.41) is 15.2. The number of ether oxygens (including phenoxy) is 1. The molecule has 0 spiro atoms. The lowest BCUT2D eigenvalue weighted by molar-refractivity contribution is -0.384. The van der Waals surface area contributed by atoms with Crippen LogP contribution in [-0.2, 0) is 14.8 Å². The number of benzene rings is 1. The number of furan rings is 1. The van der Waals surface area contributed by atoms with Crippen LogP contribution in [0.15, 0.2) is 51.0 Å². The zero-order valence-corrected chi connectivity index (χ0v) is 14.4. The minimum atomic E-state index is -3.82. The van der Waals surface area contributed by atoms with E-state index in [9.17, 15) is 18.5 Å². The first-order valence-electron chi connectivity index (χ1n) is 7.67. The minimum Gasteiger partial charge on any atom is -0.463 e. The van der Waals surface area contributed by atoms with Gasteiger partial charge in [-0.25, -0.2) is 8.42 Å². The van der Waals surface area contributed by atoms with Crippen molar-refractivity contribution in [2.24, 2.45) is 5.10 Å². The highest BCUT2D eigenvalue weighted by molar-refractivity contribution is 7.89. The Morgan fingerprint density at radius 1 is 1.27 bits per heavy atom. The van der Waals surface area contributed by atoms with Gasteiger partial charge in [0.2, 0.25) is 10.0 Å². The van der Waals surface area contributed by atoms with E-state index in [2.05, 4.69) is 10.5 Å². The molecule has 0 unspecified atom stereocenters. The third-order valence-electron chi connectivity index (χ3n) is 3.69. The third kappa shape index (κ3) is 3.90. The Bertz CT molecular complexity index is 904. The molecule has 1 saturated heterocycles. The number of nitrogens with one attached hydrogen (secondary N) is 1. The Morgan fingerprint density at radius 3 is 2.69 bits per heavy atom. The first-order valence-corrected chi connectivity index (χ1v) is 9.11. The molecular weight excluding hydrogens is 364 g/mol. The van der Waals surface area contributed by atoms with Crippen LogP contribution in [0.2, 0.25) is 0 Å². The second kappa shape index (κ2) is 7.64. The summed E-state index contributed by atoms with van der Waals surface area (Å²) in [5.41, 5.74) is 2.21. The summed E-state index contributed by atoms with van der Waals surface area (Å²) >= 11 is 0. The molecule has 0 amide bonds. The second-order valence-electron chi connectivity index (χ2n) is 5.34.